The molecule has 70 valence electrons. The van der Waals surface area contributed by atoms with Crippen LogP contribution in [0.15, 0.2) is 0 Å². The van der Waals surface area contributed by atoms with E-state index >= 15 is 0 Å². The van der Waals surface area contributed by atoms with Gasteiger partial charge in [0.2, 0.25) is 5.91 Å². The molecular formula is C9H14N3O+. The zero-order valence-corrected chi connectivity index (χ0v) is 7.84. The predicted molar refractivity (Wildman–Crippen MR) is 46.5 cm³/mol. The van der Waals surface area contributed by atoms with Gasteiger partial charge in [0.05, 0.1) is 17.4 Å². The first kappa shape index (κ1) is 8.45. The number of nitrogens with zero attached hydrogens (tertiary/aromatic N) is 2. The molecule has 1 N–H and O–H groups in total. The SMILES string of the molecule is CC(=O)N1CCC2(CC1)CC2=[N+]=N. The summed E-state index contributed by atoms with van der Waals surface area (Å²) in [6.45, 7) is 3.30. The lowest BCUT2D eigenvalue weighted by molar-refractivity contribution is -0.131. The largest absolute Gasteiger partial charge is 0.343 e. The number of likely N-dealkylation sites (tertiary alicyclic amines) is 1. The van der Waals surface area contributed by atoms with Crippen molar-refractivity contribution in [1.29, 1.82) is 5.53 Å². The van der Waals surface area contributed by atoms with Gasteiger partial charge in [0.25, 0.3) is 0 Å². The molecule has 0 unspecified atom stereocenters. The van der Waals surface area contributed by atoms with Gasteiger partial charge in [-0.1, -0.05) is 0 Å². The monoisotopic (exact) mass is 180 g/mol. The minimum Gasteiger partial charge on any atom is -0.343 e. The fraction of sp³-hybridized carbons (Fsp3) is 0.778. The van der Waals surface area contributed by atoms with Gasteiger partial charge in [0.15, 0.2) is 0 Å². The van der Waals surface area contributed by atoms with Crippen LogP contribution in [0.5, 0.6) is 0 Å². The van der Waals surface area contributed by atoms with Crippen molar-refractivity contribution < 1.29 is 9.58 Å². The number of nitrogens with one attached hydrogen (secondary N) is 1. The standard InChI is InChI=1S/C9H14N3O/c1-7(13)12-4-2-9(3-5-12)6-8(9)11-10/h10H,2-6H2,1H3/q+1. The van der Waals surface area contributed by atoms with E-state index in [-0.39, 0.29) is 11.3 Å². The van der Waals surface area contributed by atoms with E-state index in [4.69, 9.17) is 5.53 Å². The van der Waals surface area contributed by atoms with Crippen molar-refractivity contribution in [3.8, 4) is 0 Å². The van der Waals surface area contributed by atoms with Crippen molar-refractivity contribution in [2.45, 2.75) is 26.2 Å². The number of carbonyl (C=O) groups is 1. The van der Waals surface area contributed by atoms with Crippen LogP contribution in [0.4, 0.5) is 0 Å². The molecule has 2 rings (SSSR count). The molecule has 1 heterocycles. The van der Waals surface area contributed by atoms with Gasteiger partial charge in [-0.3, -0.25) is 4.79 Å². The van der Waals surface area contributed by atoms with E-state index in [1.807, 2.05) is 4.90 Å². The van der Waals surface area contributed by atoms with Gasteiger partial charge in [-0.05, 0) is 12.8 Å². The Morgan fingerprint density at radius 1 is 1.54 bits per heavy atom. The molecule has 13 heavy (non-hydrogen) atoms. The van der Waals surface area contributed by atoms with Crippen LogP contribution in [0.25, 0.3) is 0 Å². The number of carbonyl (C=O) groups excluding carboxylic acids is 1. The molecule has 1 saturated carbocycles. The molecule has 0 radical (unpaired) electrons. The topological polar surface area (TPSA) is 58.3 Å². The second-order valence-corrected chi connectivity index (χ2v) is 4.02. The van der Waals surface area contributed by atoms with Crippen LogP contribution in [-0.4, -0.2) is 34.4 Å². The first-order valence-corrected chi connectivity index (χ1v) is 4.67. The van der Waals surface area contributed by atoms with Crippen LogP contribution in [0.1, 0.15) is 26.2 Å². The molecule has 1 aliphatic carbocycles. The third-order valence-electron chi connectivity index (χ3n) is 3.29. The van der Waals surface area contributed by atoms with Crippen LogP contribution in [0.3, 0.4) is 0 Å². The van der Waals surface area contributed by atoms with Gasteiger partial charge in [0, 0.05) is 24.8 Å². The summed E-state index contributed by atoms with van der Waals surface area (Å²) >= 11 is 0. The third kappa shape index (κ3) is 1.27. The summed E-state index contributed by atoms with van der Waals surface area (Å²) in [6, 6.07) is 0. The Bertz CT molecular complexity index is 296. The highest BCUT2D eigenvalue weighted by Gasteiger charge is 2.61. The Balaban J connectivity index is 1.98. The molecular weight excluding hydrogens is 166 g/mol. The van der Waals surface area contributed by atoms with Gasteiger partial charge in [-0.25, -0.2) is 0 Å². The summed E-state index contributed by atoms with van der Waals surface area (Å²) in [4.78, 5) is 16.4. The molecule has 0 bridgehead atoms. The Morgan fingerprint density at radius 3 is 2.54 bits per heavy atom. The van der Waals surface area contributed by atoms with E-state index in [9.17, 15) is 4.79 Å². The van der Waals surface area contributed by atoms with E-state index in [1.165, 1.54) is 0 Å². The van der Waals surface area contributed by atoms with Gasteiger partial charge >= 0.3 is 5.71 Å². The van der Waals surface area contributed by atoms with Gasteiger partial charge in [0.1, 0.15) is 0 Å². The van der Waals surface area contributed by atoms with Crippen LogP contribution in [0, 0.1) is 10.9 Å². The highest BCUT2D eigenvalue weighted by molar-refractivity contribution is 6.01. The number of amides is 1. The smallest absolute Gasteiger partial charge is 0.326 e. The van der Waals surface area contributed by atoms with E-state index < -0.39 is 0 Å². The second-order valence-electron chi connectivity index (χ2n) is 4.02. The molecule has 1 spiro atoms. The Hall–Kier alpha value is -1.15. The fourth-order valence-electron chi connectivity index (χ4n) is 2.15. The normalized spacial score (nSPS) is 24.4. The first-order valence-electron chi connectivity index (χ1n) is 4.67. The number of rotatable bonds is 0. The summed E-state index contributed by atoms with van der Waals surface area (Å²) in [5.41, 5.74) is 8.19. The molecule has 0 aromatic rings. The molecule has 0 atom stereocenters. The van der Waals surface area contributed by atoms with Crippen LogP contribution < -0.4 is 0 Å². The second kappa shape index (κ2) is 2.67. The Morgan fingerprint density at radius 2 is 2.15 bits per heavy atom. The van der Waals surface area contributed by atoms with Crippen molar-refractivity contribution in [3.05, 3.63) is 0 Å². The zero-order chi connectivity index (χ0) is 9.47. The zero-order valence-electron chi connectivity index (χ0n) is 7.84. The van der Waals surface area contributed by atoms with Gasteiger partial charge in [-0.2, -0.15) is 0 Å². The van der Waals surface area contributed by atoms with E-state index in [1.54, 1.807) is 6.92 Å². The third-order valence-corrected chi connectivity index (χ3v) is 3.29. The average molecular weight is 180 g/mol. The average Bonchev–Trinajstić information content (AvgIpc) is 2.80. The quantitative estimate of drug-likeness (QED) is 0.433. The van der Waals surface area contributed by atoms with Crippen LogP contribution in [0.2, 0.25) is 0 Å². The molecule has 4 heteroatoms. The van der Waals surface area contributed by atoms with Crippen LogP contribution >= 0.6 is 0 Å². The summed E-state index contributed by atoms with van der Waals surface area (Å²) in [7, 11) is 0. The van der Waals surface area contributed by atoms with Crippen molar-refractivity contribution in [2.75, 3.05) is 13.1 Å². The maximum absolute atomic E-state index is 11.0. The summed E-state index contributed by atoms with van der Waals surface area (Å²) in [6.07, 6.45) is 3.00. The molecule has 1 amide bonds. The Kier molecular flexibility index (Phi) is 1.74. The molecule has 0 aromatic heterocycles. The lowest BCUT2D eigenvalue weighted by Gasteiger charge is -2.29. The minimum absolute atomic E-state index is 0.167. The molecule has 4 nitrogen and oxygen atoms in total. The van der Waals surface area contributed by atoms with E-state index in [0.29, 0.717) is 0 Å². The van der Waals surface area contributed by atoms with Crippen LogP contribution in [-0.2, 0) is 4.79 Å². The molecule has 0 aromatic carbocycles. The predicted octanol–water partition coefficient (Wildman–Crippen LogP) is 0.699. The molecule has 1 aliphatic heterocycles. The minimum atomic E-state index is 0.167. The lowest BCUT2D eigenvalue weighted by Crippen LogP contribution is -2.38. The first-order chi connectivity index (χ1) is 6.18. The van der Waals surface area contributed by atoms with Crippen molar-refractivity contribution in [1.82, 2.24) is 4.90 Å². The molecule has 2 aliphatic rings. The van der Waals surface area contributed by atoms with E-state index in [0.717, 1.165) is 38.1 Å². The van der Waals surface area contributed by atoms with E-state index in [2.05, 4.69) is 4.79 Å². The maximum Gasteiger partial charge on any atom is 0.326 e. The summed E-state index contributed by atoms with van der Waals surface area (Å²) in [5.74, 6) is 0.167. The highest BCUT2D eigenvalue weighted by Crippen LogP contribution is 2.49. The maximum atomic E-state index is 11.0. The van der Waals surface area contributed by atoms with Crippen molar-refractivity contribution in [2.24, 2.45) is 5.41 Å². The number of hydrogen-bond acceptors (Lipinski definition) is 2. The highest BCUT2D eigenvalue weighted by atomic mass is 16.2. The van der Waals surface area contributed by atoms with Crippen molar-refractivity contribution >= 4 is 11.6 Å². The number of piperidine rings is 1. The van der Waals surface area contributed by atoms with Gasteiger partial charge < -0.3 is 4.90 Å². The molecule has 1 saturated heterocycles. The Labute approximate surface area is 77.2 Å². The number of hydrogen-bond donors (Lipinski definition) is 1. The van der Waals surface area contributed by atoms with Crippen molar-refractivity contribution in [3.63, 3.8) is 0 Å². The molecule has 2 fully saturated rings. The summed E-state index contributed by atoms with van der Waals surface area (Å²) in [5, 5.41) is 0. The fourth-order valence-corrected chi connectivity index (χ4v) is 2.15. The van der Waals surface area contributed by atoms with Gasteiger partial charge in [-0.15, -0.1) is 0 Å². The summed E-state index contributed by atoms with van der Waals surface area (Å²) < 4.78 is 0. The lowest BCUT2D eigenvalue weighted by atomic mass is 9.93.